The van der Waals surface area contributed by atoms with Crippen molar-refractivity contribution in [2.24, 2.45) is 11.8 Å². The Morgan fingerprint density at radius 3 is 2.37 bits per heavy atom. The van der Waals surface area contributed by atoms with Gasteiger partial charge in [0.25, 0.3) is 0 Å². The molecule has 0 fully saturated rings. The molecule has 1 aromatic carbocycles. The molecule has 106 valence electrons. The molecule has 1 atom stereocenters. The van der Waals surface area contributed by atoms with Gasteiger partial charge in [-0.15, -0.1) is 0 Å². The second-order valence-corrected chi connectivity index (χ2v) is 5.61. The Labute approximate surface area is 116 Å². The third-order valence-corrected chi connectivity index (χ3v) is 2.89. The molecule has 1 aromatic rings. The fourth-order valence-electron chi connectivity index (χ4n) is 2.11. The maximum absolute atomic E-state index is 11.9. The number of nitrogens with zero attached hydrogens (tertiary/aromatic N) is 1. The van der Waals surface area contributed by atoms with E-state index in [4.69, 9.17) is 4.74 Å². The molecule has 0 saturated carbocycles. The monoisotopic (exact) mass is 263 g/mol. The molecular formula is C16H25NO2. The van der Waals surface area contributed by atoms with Crippen molar-refractivity contribution in [2.45, 2.75) is 27.4 Å². The molecule has 1 rings (SSSR count). The molecule has 3 heteroatoms. The first-order valence-corrected chi connectivity index (χ1v) is 6.88. The zero-order valence-electron chi connectivity index (χ0n) is 12.4. The van der Waals surface area contributed by atoms with E-state index in [1.165, 1.54) is 0 Å². The lowest BCUT2D eigenvalue weighted by atomic mass is 10.1. The van der Waals surface area contributed by atoms with E-state index < -0.39 is 0 Å². The Hall–Kier alpha value is -1.35. The van der Waals surface area contributed by atoms with Crippen molar-refractivity contribution < 1.29 is 9.53 Å². The summed E-state index contributed by atoms with van der Waals surface area (Å²) in [5, 5.41) is 0. The van der Waals surface area contributed by atoms with Crippen LogP contribution in [-0.4, -0.2) is 31.0 Å². The summed E-state index contributed by atoms with van der Waals surface area (Å²) in [6.07, 6.45) is 0. The van der Waals surface area contributed by atoms with Gasteiger partial charge in [-0.3, -0.25) is 4.79 Å². The van der Waals surface area contributed by atoms with Crippen LogP contribution in [0.4, 0.5) is 0 Å². The zero-order valence-corrected chi connectivity index (χ0v) is 12.4. The van der Waals surface area contributed by atoms with E-state index in [-0.39, 0.29) is 11.9 Å². The SMILES string of the molecule is CC(C)CN(C)CC(C)C(=O)OCc1ccccc1. The van der Waals surface area contributed by atoms with Crippen LogP contribution in [0.15, 0.2) is 30.3 Å². The molecule has 0 aliphatic carbocycles. The fraction of sp³-hybridized carbons (Fsp3) is 0.562. The Morgan fingerprint density at radius 2 is 1.79 bits per heavy atom. The minimum Gasteiger partial charge on any atom is -0.461 e. The molecule has 0 N–H and O–H groups in total. The summed E-state index contributed by atoms with van der Waals surface area (Å²) in [4.78, 5) is 14.1. The van der Waals surface area contributed by atoms with E-state index in [9.17, 15) is 4.79 Å². The predicted molar refractivity (Wildman–Crippen MR) is 77.7 cm³/mol. The van der Waals surface area contributed by atoms with Crippen LogP contribution in [0.2, 0.25) is 0 Å². The van der Waals surface area contributed by atoms with Gasteiger partial charge in [0, 0.05) is 13.1 Å². The molecule has 0 heterocycles. The molecule has 0 radical (unpaired) electrons. The summed E-state index contributed by atoms with van der Waals surface area (Å²) in [6, 6.07) is 9.77. The van der Waals surface area contributed by atoms with Crippen molar-refractivity contribution in [3.8, 4) is 0 Å². The second-order valence-electron chi connectivity index (χ2n) is 5.61. The summed E-state index contributed by atoms with van der Waals surface area (Å²) in [5.41, 5.74) is 1.03. The standard InChI is InChI=1S/C16H25NO2/c1-13(2)10-17(4)11-14(3)16(18)19-12-15-8-6-5-7-9-15/h5-9,13-14H,10-12H2,1-4H3. The first-order chi connectivity index (χ1) is 8.99. The topological polar surface area (TPSA) is 29.5 Å². The maximum Gasteiger partial charge on any atom is 0.310 e. The molecule has 19 heavy (non-hydrogen) atoms. The lowest BCUT2D eigenvalue weighted by Crippen LogP contribution is -2.32. The third kappa shape index (κ3) is 6.39. The highest BCUT2D eigenvalue weighted by Gasteiger charge is 2.17. The van der Waals surface area contributed by atoms with E-state index >= 15 is 0 Å². The summed E-state index contributed by atoms with van der Waals surface area (Å²) >= 11 is 0. The molecular weight excluding hydrogens is 238 g/mol. The molecule has 0 aromatic heterocycles. The molecule has 0 saturated heterocycles. The molecule has 0 aliphatic heterocycles. The summed E-state index contributed by atoms with van der Waals surface area (Å²) in [5.74, 6) is 0.393. The number of hydrogen-bond acceptors (Lipinski definition) is 3. The molecule has 3 nitrogen and oxygen atoms in total. The number of benzene rings is 1. The van der Waals surface area contributed by atoms with Crippen molar-refractivity contribution in [1.82, 2.24) is 4.90 Å². The van der Waals surface area contributed by atoms with Crippen LogP contribution < -0.4 is 0 Å². The fourth-order valence-corrected chi connectivity index (χ4v) is 2.11. The van der Waals surface area contributed by atoms with Crippen molar-refractivity contribution in [3.05, 3.63) is 35.9 Å². The number of rotatable bonds is 7. The molecule has 0 spiro atoms. The third-order valence-electron chi connectivity index (χ3n) is 2.89. The van der Waals surface area contributed by atoms with Crippen LogP contribution in [0.3, 0.4) is 0 Å². The van der Waals surface area contributed by atoms with Gasteiger partial charge in [0.05, 0.1) is 5.92 Å². The number of carbonyl (C=O) groups is 1. The Morgan fingerprint density at radius 1 is 1.16 bits per heavy atom. The molecule has 0 amide bonds. The van der Waals surface area contributed by atoms with Gasteiger partial charge in [0.15, 0.2) is 0 Å². The van der Waals surface area contributed by atoms with Gasteiger partial charge < -0.3 is 9.64 Å². The lowest BCUT2D eigenvalue weighted by molar-refractivity contribution is -0.149. The first-order valence-electron chi connectivity index (χ1n) is 6.88. The van der Waals surface area contributed by atoms with E-state index in [2.05, 4.69) is 18.7 Å². The van der Waals surface area contributed by atoms with E-state index in [0.717, 1.165) is 18.7 Å². The van der Waals surface area contributed by atoms with Gasteiger partial charge in [0.2, 0.25) is 0 Å². The smallest absolute Gasteiger partial charge is 0.310 e. The van der Waals surface area contributed by atoms with E-state index in [1.807, 2.05) is 44.3 Å². The number of ether oxygens (including phenoxy) is 1. The van der Waals surface area contributed by atoms with E-state index in [0.29, 0.717) is 12.5 Å². The highest BCUT2D eigenvalue weighted by atomic mass is 16.5. The average Bonchev–Trinajstić information content (AvgIpc) is 2.36. The predicted octanol–water partition coefficient (Wildman–Crippen LogP) is 2.95. The number of hydrogen-bond donors (Lipinski definition) is 0. The average molecular weight is 263 g/mol. The molecule has 0 aliphatic rings. The minimum atomic E-state index is -0.126. The van der Waals surface area contributed by atoms with Gasteiger partial charge in [0.1, 0.15) is 6.61 Å². The zero-order chi connectivity index (χ0) is 14.3. The van der Waals surface area contributed by atoms with Crippen molar-refractivity contribution in [2.75, 3.05) is 20.1 Å². The largest absolute Gasteiger partial charge is 0.461 e. The van der Waals surface area contributed by atoms with Crippen LogP contribution in [0.5, 0.6) is 0 Å². The molecule has 0 bridgehead atoms. The van der Waals surface area contributed by atoms with Crippen LogP contribution in [0.1, 0.15) is 26.3 Å². The summed E-state index contributed by atoms with van der Waals surface area (Å²) < 4.78 is 5.33. The quantitative estimate of drug-likeness (QED) is 0.708. The summed E-state index contributed by atoms with van der Waals surface area (Å²) in [7, 11) is 2.04. The van der Waals surface area contributed by atoms with Gasteiger partial charge >= 0.3 is 5.97 Å². The van der Waals surface area contributed by atoms with Gasteiger partial charge in [-0.1, -0.05) is 51.1 Å². The Balaban J connectivity index is 2.32. The van der Waals surface area contributed by atoms with Crippen molar-refractivity contribution in [1.29, 1.82) is 0 Å². The van der Waals surface area contributed by atoms with Crippen LogP contribution in [-0.2, 0) is 16.1 Å². The second kappa shape index (κ2) is 7.95. The number of carbonyl (C=O) groups excluding carboxylic acids is 1. The number of esters is 1. The van der Waals surface area contributed by atoms with Gasteiger partial charge in [-0.05, 0) is 18.5 Å². The first kappa shape index (κ1) is 15.7. The van der Waals surface area contributed by atoms with Gasteiger partial charge in [-0.2, -0.15) is 0 Å². The van der Waals surface area contributed by atoms with Gasteiger partial charge in [-0.25, -0.2) is 0 Å². The minimum absolute atomic E-state index is 0.0903. The highest BCUT2D eigenvalue weighted by molar-refractivity contribution is 5.72. The van der Waals surface area contributed by atoms with Crippen LogP contribution in [0.25, 0.3) is 0 Å². The van der Waals surface area contributed by atoms with Crippen molar-refractivity contribution >= 4 is 5.97 Å². The highest BCUT2D eigenvalue weighted by Crippen LogP contribution is 2.07. The summed E-state index contributed by atoms with van der Waals surface area (Å²) in [6.45, 7) is 8.37. The Kier molecular flexibility index (Phi) is 6.57. The van der Waals surface area contributed by atoms with E-state index in [1.54, 1.807) is 0 Å². The molecule has 1 unspecified atom stereocenters. The van der Waals surface area contributed by atoms with Crippen molar-refractivity contribution in [3.63, 3.8) is 0 Å². The maximum atomic E-state index is 11.9. The Bertz CT molecular complexity index is 376. The van der Waals surface area contributed by atoms with Crippen LogP contribution >= 0.6 is 0 Å². The lowest BCUT2D eigenvalue weighted by Gasteiger charge is -2.22. The van der Waals surface area contributed by atoms with Crippen LogP contribution in [0, 0.1) is 11.8 Å². The normalized spacial score (nSPS) is 12.7.